The number of thiophene rings is 1. The third-order valence-corrected chi connectivity index (χ3v) is 10.4. The average molecular weight is 631 g/mol. The van der Waals surface area contributed by atoms with E-state index in [4.69, 9.17) is 4.98 Å². The second kappa shape index (κ2) is 11.6. The molecule has 47 heavy (non-hydrogen) atoms. The van der Waals surface area contributed by atoms with Crippen molar-refractivity contribution < 1.29 is 4.39 Å². The van der Waals surface area contributed by atoms with Crippen LogP contribution < -0.4 is 0 Å². The number of rotatable bonds is 6. The molecule has 2 aromatic heterocycles. The molecule has 0 fully saturated rings. The molecule has 0 spiro atoms. The summed E-state index contributed by atoms with van der Waals surface area (Å²) in [5.41, 5.74) is 11.6. The Labute approximate surface area is 278 Å². The fraction of sp³-hybridized carbons (Fsp3) is 0.140. The zero-order valence-corrected chi connectivity index (χ0v) is 27.8. The van der Waals surface area contributed by atoms with E-state index in [0.29, 0.717) is 11.8 Å². The van der Waals surface area contributed by atoms with Gasteiger partial charge in [-0.1, -0.05) is 107 Å². The molecule has 0 aliphatic rings. The lowest BCUT2D eigenvalue weighted by Crippen LogP contribution is -2.09. The van der Waals surface area contributed by atoms with Crippen LogP contribution in [0, 0.1) is 5.82 Å². The molecule has 2 nitrogen and oxygen atoms in total. The van der Waals surface area contributed by atoms with Crippen molar-refractivity contribution in [3.63, 3.8) is 0 Å². The Hall–Kier alpha value is -5.06. The Kier molecular flexibility index (Phi) is 7.26. The van der Waals surface area contributed by atoms with Gasteiger partial charge in [0, 0.05) is 25.7 Å². The quantitative estimate of drug-likeness (QED) is 0.179. The van der Waals surface area contributed by atoms with Crippen LogP contribution in [0.3, 0.4) is 0 Å². The molecule has 0 unspecified atom stereocenters. The van der Waals surface area contributed by atoms with E-state index in [0.717, 1.165) is 33.5 Å². The average Bonchev–Trinajstić information content (AvgIpc) is 3.66. The molecule has 0 aliphatic carbocycles. The summed E-state index contributed by atoms with van der Waals surface area (Å²) in [5, 5.41) is 2.44. The molecule has 8 rings (SSSR count). The first kappa shape index (κ1) is 29.3. The first-order valence-electron chi connectivity index (χ1n) is 16.3. The number of nitrogens with zero attached hydrogens (tertiary/aromatic N) is 2. The predicted molar refractivity (Wildman–Crippen MR) is 198 cm³/mol. The summed E-state index contributed by atoms with van der Waals surface area (Å²) in [6.07, 6.45) is 0. The van der Waals surface area contributed by atoms with Gasteiger partial charge in [-0.3, -0.25) is 4.57 Å². The summed E-state index contributed by atoms with van der Waals surface area (Å²) in [5.74, 6) is 1.33. The lowest BCUT2D eigenvalue weighted by molar-refractivity contribution is 0.628. The van der Waals surface area contributed by atoms with Crippen LogP contribution in [0.4, 0.5) is 4.39 Å². The topological polar surface area (TPSA) is 17.8 Å². The number of benzene rings is 6. The summed E-state index contributed by atoms with van der Waals surface area (Å²) in [6.45, 7) is 9.17. The van der Waals surface area contributed by atoms with E-state index in [9.17, 15) is 4.39 Å². The van der Waals surface area contributed by atoms with Crippen molar-refractivity contribution in [1.29, 1.82) is 0 Å². The van der Waals surface area contributed by atoms with Crippen molar-refractivity contribution >= 4 is 42.5 Å². The first-order chi connectivity index (χ1) is 22.9. The SMILES string of the molecule is CC(C)c1cc(-c2ccccc2)cc(C(C)C)c1-n1c(-c2cccc3c2sc2cc(-c4ccc(F)cc4)ccc23)nc2ccccc21. The van der Waals surface area contributed by atoms with Crippen LogP contribution >= 0.6 is 11.3 Å². The highest BCUT2D eigenvalue weighted by Gasteiger charge is 2.25. The van der Waals surface area contributed by atoms with Crippen LogP contribution in [0.25, 0.3) is 70.5 Å². The highest BCUT2D eigenvalue weighted by atomic mass is 32.1. The number of halogens is 1. The van der Waals surface area contributed by atoms with Gasteiger partial charge < -0.3 is 0 Å². The van der Waals surface area contributed by atoms with E-state index in [1.165, 1.54) is 60.2 Å². The number of para-hydroxylation sites is 2. The van der Waals surface area contributed by atoms with Gasteiger partial charge in [-0.15, -0.1) is 11.3 Å². The number of imidazole rings is 1. The molecule has 0 bridgehead atoms. The van der Waals surface area contributed by atoms with Gasteiger partial charge >= 0.3 is 0 Å². The van der Waals surface area contributed by atoms with E-state index in [1.807, 2.05) is 12.1 Å². The third-order valence-electron chi connectivity index (χ3n) is 9.22. The minimum Gasteiger partial charge on any atom is -0.292 e. The molecule has 0 amide bonds. The molecular weight excluding hydrogens is 596 g/mol. The maximum Gasteiger partial charge on any atom is 0.147 e. The van der Waals surface area contributed by atoms with Gasteiger partial charge in [0.15, 0.2) is 0 Å². The minimum atomic E-state index is -0.222. The molecule has 4 heteroatoms. The molecule has 0 saturated carbocycles. The monoisotopic (exact) mass is 630 g/mol. The second-order valence-corrected chi connectivity index (χ2v) is 14.0. The first-order valence-corrected chi connectivity index (χ1v) is 17.1. The van der Waals surface area contributed by atoms with Gasteiger partial charge in [0.25, 0.3) is 0 Å². The lowest BCUT2D eigenvalue weighted by Gasteiger charge is -2.24. The summed E-state index contributed by atoms with van der Waals surface area (Å²) in [4.78, 5) is 5.37. The summed E-state index contributed by atoms with van der Waals surface area (Å²) < 4.78 is 18.5. The standard InChI is InChI=1S/C43H35FN2S/c1-26(2)36-23-31(28-11-6-5-7-12-28)24-37(27(3)4)41(36)46-39-16-9-8-15-38(39)45-43(46)35-14-10-13-34-33-22-19-30(25-40(33)47-42(34)35)29-17-20-32(44)21-18-29/h5-27H,1-4H3. The molecular formula is C43H35FN2S. The van der Waals surface area contributed by atoms with Crippen LogP contribution in [-0.4, -0.2) is 9.55 Å². The Morgan fingerprint density at radius 1 is 0.596 bits per heavy atom. The number of fused-ring (bicyclic) bond motifs is 4. The molecule has 8 aromatic rings. The van der Waals surface area contributed by atoms with Gasteiger partial charge in [0.05, 0.1) is 16.7 Å². The van der Waals surface area contributed by atoms with Gasteiger partial charge in [0.2, 0.25) is 0 Å². The largest absolute Gasteiger partial charge is 0.292 e. The van der Waals surface area contributed by atoms with Crippen LogP contribution in [0.1, 0.15) is 50.7 Å². The predicted octanol–water partition coefficient (Wildman–Crippen LogP) is 12.8. The number of hydrogen-bond donors (Lipinski definition) is 0. The maximum absolute atomic E-state index is 13.7. The van der Waals surface area contributed by atoms with E-state index in [2.05, 4.69) is 135 Å². The lowest BCUT2D eigenvalue weighted by atomic mass is 9.88. The van der Waals surface area contributed by atoms with Crippen molar-refractivity contribution in [3.8, 4) is 39.3 Å². The highest BCUT2D eigenvalue weighted by molar-refractivity contribution is 7.26. The van der Waals surface area contributed by atoms with E-state index >= 15 is 0 Å². The van der Waals surface area contributed by atoms with Gasteiger partial charge in [-0.05, 0) is 93.7 Å². The fourth-order valence-electron chi connectivity index (χ4n) is 6.85. The maximum atomic E-state index is 13.7. The molecule has 230 valence electrons. The van der Waals surface area contributed by atoms with Gasteiger partial charge in [-0.25, -0.2) is 9.37 Å². The van der Waals surface area contributed by atoms with Crippen molar-refractivity contribution in [1.82, 2.24) is 9.55 Å². The normalized spacial score (nSPS) is 11.9. The van der Waals surface area contributed by atoms with E-state index in [-0.39, 0.29) is 5.82 Å². The van der Waals surface area contributed by atoms with Crippen LogP contribution in [-0.2, 0) is 0 Å². The molecule has 2 heterocycles. The Morgan fingerprint density at radius 3 is 1.98 bits per heavy atom. The zero-order valence-electron chi connectivity index (χ0n) is 27.0. The van der Waals surface area contributed by atoms with E-state index < -0.39 is 0 Å². The summed E-state index contributed by atoms with van der Waals surface area (Å²) in [7, 11) is 0. The van der Waals surface area contributed by atoms with Crippen LogP contribution in [0.2, 0.25) is 0 Å². The summed E-state index contributed by atoms with van der Waals surface area (Å²) >= 11 is 1.80. The molecule has 0 saturated heterocycles. The van der Waals surface area contributed by atoms with E-state index in [1.54, 1.807) is 11.3 Å². The molecule has 6 aromatic carbocycles. The highest BCUT2D eigenvalue weighted by Crippen LogP contribution is 2.44. The van der Waals surface area contributed by atoms with Crippen LogP contribution in [0.5, 0.6) is 0 Å². The Morgan fingerprint density at radius 2 is 1.26 bits per heavy atom. The molecule has 0 atom stereocenters. The minimum absolute atomic E-state index is 0.222. The smallest absolute Gasteiger partial charge is 0.147 e. The molecule has 0 aliphatic heterocycles. The number of aromatic nitrogens is 2. The zero-order chi connectivity index (χ0) is 32.2. The van der Waals surface area contributed by atoms with Crippen molar-refractivity contribution in [2.45, 2.75) is 39.5 Å². The van der Waals surface area contributed by atoms with Crippen molar-refractivity contribution in [2.24, 2.45) is 0 Å². The van der Waals surface area contributed by atoms with Crippen molar-refractivity contribution in [3.05, 3.63) is 144 Å². The second-order valence-electron chi connectivity index (χ2n) is 12.9. The van der Waals surface area contributed by atoms with Crippen molar-refractivity contribution in [2.75, 3.05) is 0 Å². The summed E-state index contributed by atoms with van der Waals surface area (Å²) in [6, 6.07) is 43.9. The van der Waals surface area contributed by atoms with Gasteiger partial charge in [0.1, 0.15) is 11.6 Å². The Bertz CT molecular complexity index is 2380. The van der Waals surface area contributed by atoms with Crippen LogP contribution in [0.15, 0.2) is 127 Å². The van der Waals surface area contributed by atoms with Gasteiger partial charge in [-0.2, -0.15) is 0 Å². The third kappa shape index (κ3) is 5.04. The fourth-order valence-corrected chi connectivity index (χ4v) is 8.10. The number of hydrogen-bond acceptors (Lipinski definition) is 2. The Balaban J connectivity index is 1.40. The molecule has 0 radical (unpaired) electrons. The molecule has 0 N–H and O–H groups in total.